The van der Waals surface area contributed by atoms with Crippen LogP contribution >= 0.6 is 0 Å². The zero-order valence-electron chi connectivity index (χ0n) is 20.3. The second-order valence-electron chi connectivity index (χ2n) is 8.47. The van der Waals surface area contributed by atoms with Gasteiger partial charge in [0.25, 0.3) is 5.91 Å². The van der Waals surface area contributed by atoms with E-state index in [1.54, 1.807) is 24.3 Å². The van der Waals surface area contributed by atoms with Gasteiger partial charge in [0.15, 0.2) is 0 Å². The Balaban J connectivity index is 1.50. The van der Waals surface area contributed by atoms with Gasteiger partial charge >= 0.3 is 5.97 Å². The van der Waals surface area contributed by atoms with Crippen LogP contribution in [-0.2, 0) is 11.2 Å². The number of ether oxygens (including phenoxy) is 2. The van der Waals surface area contributed by atoms with Gasteiger partial charge in [0, 0.05) is 12.0 Å². The topological polar surface area (TPSA) is 84.9 Å². The Morgan fingerprint density at radius 1 is 0.829 bits per heavy atom. The van der Waals surface area contributed by atoms with Crippen LogP contribution in [0.4, 0.5) is 0 Å². The van der Waals surface area contributed by atoms with E-state index in [1.165, 1.54) is 5.56 Å². The number of unbranched alkanes of at least 4 members (excludes halogenated alkanes) is 1. The number of hydrogen-bond acceptors (Lipinski definition) is 4. The average Bonchev–Trinajstić information content (AvgIpc) is 2.86. The number of nitrogens with one attached hydrogen (secondary N) is 1. The quantitative estimate of drug-likeness (QED) is 0.325. The SMILES string of the molecule is Cc1c(OCCCCc2ccccc2)ccc(C(=O)NC(CCOc2ccccc2)C(=O)O)c1C. The van der Waals surface area contributed by atoms with Gasteiger partial charge in [-0.05, 0) is 74.1 Å². The smallest absolute Gasteiger partial charge is 0.326 e. The van der Waals surface area contributed by atoms with Crippen molar-refractivity contribution in [1.29, 1.82) is 0 Å². The molecule has 0 aliphatic carbocycles. The molecule has 0 saturated heterocycles. The van der Waals surface area contributed by atoms with Gasteiger partial charge in [-0.25, -0.2) is 4.79 Å². The minimum absolute atomic E-state index is 0.151. The fourth-order valence-corrected chi connectivity index (χ4v) is 3.76. The standard InChI is InChI=1S/C29H33NO5/c1-21-22(2)27(35-19-10-9-13-23-11-5-3-6-12-23)17-16-25(21)28(31)30-26(29(32)33)18-20-34-24-14-7-4-8-15-24/h3-8,11-12,14-17,26H,9-10,13,18-20H2,1-2H3,(H,30,31)(H,32,33). The van der Waals surface area contributed by atoms with Crippen LogP contribution in [0.1, 0.15) is 46.3 Å². The zero-order chi connectivity index (χ0) is 25.0. The number of aryl methyl sites for hydroxylation is 1. The Kier molecular flexibility index (Phi) is 9.72. The molecule has 3 aromatic rings. The number of rotatable bonds is 13. The van der Waals surface area contributed by atoms with E-state index in [4.69, 9.17) is 9.47 Å². The molecule has 0 bridgehead atoms. The van der Waals surface area contributed by atoms with Crippen LogP contribution in [0.3, 0.4) is 0 Å². The maximum absolute atomic E-state index is 12.9. The minimum atomic E-state index is -1.10. The fraction of sp³-hybridized carbons (Fsp3) is 0.310. The van der Waals surface area contributed by atoms with E-state index in [9.17, 15) is 14.7 Å². The van der Waals surface area contributed by atoms with E-state index in [0.717, 1.165) is 36.1 Å². The summed E-state index contributed by atoms with van der Waals surface area (Å²) in [5.41, 5.74) is 3.41. The zero-order valence-corrected chi connectivity index (χ0v) is 20.3. The van der Waals surface area contributed by atoms with Gasteiger partial charge in [-0.15, -0.1) is 0 Å². The molecule has 0 radical (unpaired) electrons. The monoisotopic (exact) mass is 475 g/mol. The van der Waals surface area contributed by atoms with Crippen molar-refractivity contribution in [3.8, 4) is 11.5 Å². The van der Waals surface area contributed by atoms with Crippen LogP contribution in [0, 0.1) is 13.8 Å². The fourth-order valence-electron chi connectivity index (χ4n) is 3.76. The number of aliphatic carboxylic acids is 1. The van der Waals surface area contributed by atoms with Gasteiger partial charge in [0.1, 0.15) is 17.5 Å². The molecule has 0 aromatic heterocycles. The van der Waals surface area contributed by atoms with Crippen LogP contribution < -0.4 is 14.8 Å². The molecule has 0 spiro atoms. The number of benzene rings is 3. The van der Waals surface area contributed by atoms with Crippen molar-refractivity contribution >= 4 is 11.9 Å². The molecule has 1 amide bonds. The van der Waals surface area contributed by atoms with E-state index in [1.807, 2.05) is 50.2 Å². The lowest BCUT2D eigenvalue weighted by atomic mass is 10.0. The molecule has 1 atom stereocenters. The van der Waals surface area contributed by atoms with E-state index in [-0.39, 0.29) is 13.0 Å². The number of hydrogen-bond donors (Lipinski definition) is 2. The summed E-state index contributed by atoms with van der Waals surface area (Å²) in [5, 5.41) is 12.2. The highest BCUT2D eigenvalue weighted by atomic mass is 16.5. The third-order valence-corrected chi connectivity index (χ3v) is 5.96. The summed E-state index contributed by atoms with van der Waals surface area (Å²) in [6.45, 7) is 4.53. The van der Waals surface area contributed by atoms with Crippen molar-refractivity contribution in [3.05, 3.63) is 95.1 Å². The van der Waals surface area contributed by atoms with Crippen LogP contribution in [0.25, 0.3) is 0 Å². The predicted octanol–water partition coefficient (Wildman–Crippen LogP) is 5.36. The number of carbonyl (C=O) groups is 2. The lowest BCUT2D eigenvalue weighted by Crippen LogP contribution is -2.42. The first-order chi connectivity index (χ1) is 17.0. The molecule has 6 nitrogen and oxygen atoms in total. The van der Waals surface area contributed by atoms with Gasteiger partial charge < -0.3 is 19.9 Å². The Hall–Kier alpha value is -3.80. The first-order valence-electron chi connectivity index (χ1n) is 11.9. The van der Waals surface area contributed by atoms with E-state index >= 15 is 0 Å². The molecule has 3 aromatic carbocycles. The first-order valence-corrected chi connectivity index (χ1v) is 11.9. The highest BCUT2D eigenvalue weighted by Gasteiger charge is 2.22. The van der Waals surface area contributed by atoms with E-state index in [2.05, 4.69) is 17.4 Å². The molecule has 0 aliphatic heterocycles. The van der Waals surface area contributed by atoms with Crippen molar-refractivity contribution in [2.24, 2.45) is 0 Å². The molecule has 0 saturated carbocycles. The molecule has 184 valence electrons. The van der Waals surface area contributed by atoms with Gasteiger partial charge in [-0.3, -0.25) is 4.79 Å². The number of carboxylic acids is 1. The van der Waals surface area contributed by atoms with Crippen LogP contribution in [0.2, 0.25) is 0 Å². The molecular formula is C29H33NO5. The number of carboxylic acid groups (broad SMARTS) is 1. The molecule has 1 unspecified atom stereocenters. The summed E-state index contributed by atoms with van der Waals surface area (Å²) >= 11 is 0. The Bertz CT molecular complexity index is 1100. The van der Waals surface area contributed by atoms with Crippen molar-refractivity contribution in [2.75, 3.05) is 13.2 Å². The number of para-hydroxylation sites is 1. The molecular weight excluding hydrogens is 442 g/mol. The molecule has 0 heterocycles. The number of amides is 1. The van der Waals surface area contributed by atoms with Crippen molar-refractivity contribution in [1.82, 2.24) is 5.32 Å². The maximum Gasteiger partial charge on any atom is 0.326 e. The van der Waals surface area contributed by atoms with Gasteiger partial charge in [-0.2, -0.15) is 0 Å². The van der Waals surface area contributed by atoms with Crippen molar-refractivity contribution < 1.29 is 24.2 Å². The highest BCUT2D eigenvalue weighted by molar-refractivity contribution is 5.98. The number of carbonyl (C=O) groups excluding carboxylic acids is 1. The Morgan fingerprint density at radius 2 is 1.51 bits per heavy atom. The van der Waals surface area contributed by atoms with Crippen molar-refractivity contribution in [2.45, 2.75) is 45.6 Å². The summed E-state index contributed by atoms with van der Waals surface area (Å²) < 4.78 is 11.5. The summed E-state index contributed by atoms with van der Waals surface area (Å²) in [5.74, 6) is -0.123. The minimum Gasteiger partial charge on any atom is -0.494 e. The lowest BCUT2D eigenvalue weighted by Gasteiger charge is -2.18. The Labute approximate surface area is 206 Å². The summed E-state index contributed by atoms with van der Waals surface area (Å²) in [7, 11) is 0. The first kappa shape index (κ1) is 25.8. The highest BCUT2D eigenvalue weighted by Crippen LogP contribution is 2.25. The van der Waals surface area contributed by atoms with E-state index in [0.29, 0.717) is 17.9 Å². The van der Waals surface area contributed by atoms with Crippen LogP contribution in [-0.4, -0.2) is 36.2 Å². The van der Waals surface area contributed by atoms with Crippen molar-refractivity contribution in [3.63, 3.8) is 0 Å². The third-order valence-electron chi connectivity index (χ3n) is 5.96. The second kappa shape index (κ2) is 13.2. The van der Waals surface area contributed by atoms with Crippen LogP contribution in [0.15, 0.2) is 72.8 Å². The second-order valence-corrected chi connectivity index (χ2v) is 8.47. The van der Waals surface area contributed by atoms with Gasteiger partial charge in [-0.1, -0.05) is 48.5 Å². The normalized spacial score (nSPS) is 11.5. The molecule has 2 N–H and O–H groups in total. The van der Waals surface area contributed by atoms with Gasteiger partial charge in [0.05, 0.1) is 13.2 Å². The summed E-state index contributed by atoms with van der Waals surface area (Å²) in [6, 6.07) is 22.0. The molecule has 0 fully saturated rings. The molecule has 35 heavy (non-hydrogen) atoms. The molecule has 3 rings (SSSR count). The third kappa shape index (κ3) is 7.88. The molecule has 0 aliphatic rings. The van der Waals surface area contributed by atoms with E-state index < -0.39 is 17.9 Å². The Morgan fingerprint density at radius 3 is 2.20 bits per heavy atom. The predicted molar refractivity (Wildman–Crippen MR) is 136 cm³/mol. The van der Waals surface area contributed by atoms with Crippen LogP contribution in [0.5, 0.6) is 11.5 Å². The largest absolute Gasteiger partial charge is 0.494 e. The summed E-state index contributed by atoms with van der Waals surface area (Å²) in [6.07, 6.45) is 3.13. The summed E-state index contributed by atoms with van der Waals surface area (Å²) in [4.78, 5) is 24.5. The molecule has 6 heteroatoms. The maximum atomic E-state index is 12.9. The average molecular weight is 476 g/mol. The van der Waals surface area contributed by atoms with Gasteiger partial charge in [0.2, 0.25) is 0 Å². The lowest BCUT2D eigenvalue weighted by molar-refractivity contribution is -0.139.